The summed E-state index contributed by atoms with van der Waals surface area (Å²) in [6, 6.07) is 9.61. The van der Waals surface area contributed by atoms with E-state index in [2.05, 4.69) is 15.2 Å². The number of carbonyl (C=O) groups excluding carboxylic acids is 1. The molecular formula is C17H17N3O3S2. The van der Waals surface area contributed by atoms with Crippen LogP contribution in [-0.4, -0.2) is 20.0 Å². The van der Waals surface area contributed by atoms with Crippen LogP contribution >= 0.6 is 11.3 Å². The second kappa shape index (κ2) is 7.20. The van der Waals surface area contributed by atoms with Crippen molar-refractivity contribution in [2.24, 2.45) is 5.10 Å². The Kier molecular flexibility index (Phi) is 5.00. The zero-order chi connectivity index (χ0) is 17.9. The van der Waals surface area contributed by atoms with E-state index in [0.717, 1.165) is 29.9 Å². The minimum atomic E-state index is -3.72. The molecule has 8 heteroatoms. The highest BCUT2D eigenvalue weighted by molar-refractivity contribution is 7.94. The van der Waals surface area contributed by atoms with Crippen LogP contribution in [0.3, 0.4) is 0 Å². The number of benzene rings is 1. The summed E-state index contributed by atoms with van der Waals surface area (Å²) >= 11 is 1.11. The van der Waals surface area contributed by atoms with Crippen molar-refractivity contribution in [3.05, 3.63) is 59.0 Å². The molecular weight excluding hydrogens is 358 g/mol. The zero-order valence-corrected chi connectivity index (χ0v) is 15.2. The van der Waals surface area contributed by atoms with Crippen molar-refractivity contribution >= 4 is 38.7 Å². The van der Waals surface area contributed by atoms with Crippen molar-refractivity contribution in [3.8, 4) is 0 Å². The van der Waals surface area contributed by atoms with Crippen LogP contribution in [0.1, 0.15) is 30.1 Å². The highest BCUT2D eigenvalue weighted by Gasteiger charge is 2.19. The number of carbonyl (C=O) groups is 1. The number of anilines is 1. The largest absolute Gasteiger partial charge is 0.278 e. The van der Waals surface area contributed by atoms with E-state index >= 15 is 0 Å². The Morgan fingerprint density at radius 1 is 1.16 bits per heavy atom. The molecule has 0 unspecified atom stereocenters. The normalized spacial score (nSPS) is 15.9. The number of para-hydroxylation sites is 1. The Labute approximate surface area is 150 Å². The molecule has 3 rings (SSSR count). The van der Waals surface area contributed by atoms with Crippen molar-refractivity contribution < 1.29 is 13.2 Å². The molecule has 0 bridgehead atoms. The first-order valence-corrected chi connectivity index (χ1v) is 10.0. The SMILES string of the molecule is CC1=C/C(=N/NC(=O)c2ccccc2NS(=O)(=O)c2cccs2)CC1. The van der Waals surface area contributed by atoms with Crippen LogP contribution in [-0.2, 0) is 10.0 Å². The molecule has 1 amide bonds. The van der Waals surface area contributed by atoms with Crippen LogP contribution in [0.4, 0.5) is 5.69 Å². The van der Waals surface area contributed by atoms with Gasteiger partial charge in [0.25, 0.3) is 15.9 Å². The van der Waals surface area contributed by atoms with Crippen molar-refractivity contribution in [1.82, 2.24) is 5.43 Å². The number of hydrazone groups is 1. The molecule has 1 aliphatic rings. The zero-order valence-electron chi connectivity index (χ0n) is 13.5. The van der Waals surface area contributed by atoms with E-state index in [4.69, 9.17) is 0 Å². The Hall–Kier alpha value is -2.45. The van der Waals surface area contributed by atoms with E-state index in [-0.39, 0.29) is 15.5 Å². The summed E-state index contributed by atoms with van der Waals surface area (Å²) in [5.74, 6) is -0.463. The lowest BCUT2D eigenvalue weighted by Gasteiger charge is -2.10. The van der Waals surface area contributed by atoms with Gasteiger partial charge >= 0.3 is 0 Å². The van der Waals surface area contributed by atoms with E-state index in [1.165, 1.54) is 11.6 Å². The van der Waals surface area contributed by atoms with Gasteiger partial charge in [0, 0.05) is 0 Å². The predicted octanol–water partition coefficient (Wildman–Crippen LogP) is 3.37. The fraction of sp³-hybridized carbons (Fsp3) is 0.176. The number of hydrogen-bond donors (Lipinski definition) is 2. The molecule has 2 aromatic rings. The van der Waals surface area contributed by atoms with Gasteiger partial charge in [0.05, 0.1) is 17.0 Å². The van der Waals surface area contributed by atoms with E-state index in [9.17, 15) is 13.2 Å². The topological polar surface area (TPSA) is 87.6 Å². The number of thiophene rings is 1. The first kappa shape index (κ1) is 17.4. The van der Waals surface area contributed by atoms with Gasteiger partial charge in [-0.15, -0.1) is 11.3 Å². The monoisotopic (exact) mass is 375 g/mol. The number of nitrogens with zero attached hydrogens (tertiary/aromatic N) is 1. The highest BCUT2D eigenvalue weighted by Crippen LogP contribution is 2.23. The lowest BCUT2D eigenvalue weighted by Crippen LogP contribution is -2.22. The molecule has 0 saturated carbocycles. The molecule has 0 aliphatic heterocycles. The van der Waals surface area contributed by atoms with Crippen LogP contribution in [0.25, 0.3) is 0 Å². The van der Waals surface area contributed by atoms with Crippen molar-refractivity contribution in [1.29, 1.82) is 0 Å². The van der Waals surface area contributed by atoms with Crippen LogP contribution < -0.4 is 10.1 Å². The van der Waals surface area contributed by atoms with Crippen molar-refractivity contribution in [2.45, 2.75) is 24.0 Å². The van der Waals surface area contributed by atoms with Crippen LogP contribution in [0.2, 0.25) is 0 Å². The summed E-state index contributed by atoms with van der Waals surface area (Å²) < 4.78 is 27.4. The van der Waals surface area contributed by atoms with Gasteiger partial charge in [0.1, 0.15) is 4.21 Å². The average Bonchev–Trinajstić information content (AvgIpc) is 3.25. The number of hydrogen-bond acceptors (Lipinski definition) is 5. The predicted molar refractivity (Wildman–Crippen MR) is 99.5 cm³/mol. The lowest BCUT2D eigenvalue weighted by molar-refractivity contribution is 0.0955. The summed E-state index contributed by atoms with van der Waals surface area (Å²) in [6.45, 7) is 2.01. The molecule has 0 saturated heterocycles. The standard InChI is InChI=1S/C17H17N3O3S2/c1-12-8-9-13(11-12)18-19-17(21)14-5-2-3-6-15(14)20-25(22,23)16-7-4-10-24-16/h2-7,10-11,20H,8-9H2,1H3,(H,19,21)/b18-13+. The van der Waals surface area contributed by atoms with Gasteiger partial charge in [0.15, 0.2) is 0 Å². The molecule has 2 N–H and O–H groups in total. The van der Waals surface area contributed by atoms with Crippen LogP contribution in [0.5, 0.6) is 0 Å². The molecule has 0 radical (unpaired) electrons. The van der Waals surface area contributed by atoms with Gasteiger partial charge in [-0.3, -0.25) is 9.52 Å². The smallest absolute Gasteiger partial charge is 0.273 e. The summed E-state index contributed by atoms with van der Waals surface area (Å²) in [7, 11) is -3.72. The maximum absolute atomic E-state index is 12.4. The van der Waals surface area contributed by atoms with Gasteiger partial charge < -0.3 is 0 Å². The Balaban J connectivity index is 1.80. The van der Waals surface area contributed by atoms with Gasteiger partial charge in [0.2, 0.25) is 0 Å². The number of amides is 1. The van der Waals surface area contributed by atoms with Gasteiger partial charge in [-0.1, -0.05) is 23.8 Å². The van der Waals surface area contributed by atoms with Crippen LogP contribution in [0.15, 0.2) is 62.7 Å². The lowest BCUT2D eigenvalue weighted by atomic mass is 10.2. The fourth-order valence-electron chi connectivity index (χ4n) is 2.41. The van der Waals surface area contributed by atoms with E-state index < -0.39 is 15.9 Å². The van der Waals surface area contributed by atoms with Gasteiger partial charge in [-0.25, -0.2) is 13.8 Å². The molecule has 130 valence electrons. The molecule has 0 atom stereocenters. The molecule has 25 heavy (non-hydrogen) atoms. The molecule has 1 aromatic heterocycles. The highest BCUT2D eigenvalue weighted by atomic mass is 32.2. The maximum Gasteiger partial charge on any atom is 0.273 e. The average molecular weight is 375 g/mol. The van der Waals surface area contributed by atoms with E-state index in [1.807, 2.05) is 13.0 Å². The molecule has 6 nitrogen and oxygen atoms in total. The Morgan fingerprint density at radius 2 is 1.96 bits per heavy atom. The Morgan fingerprint density at radius 3 is 2.64 bits per heavy atom. The van der Waals surface area contributed by atoms with E-state index in [0.29, 0.717) is 0 Å². The molecule has 1 aliphatic carbocycles. The van der Waals surface area contributed by atoms with E-state index in [1.54, 1.807) is 35.7 Å². The second-order valence-electron chi connectivity index (χ2n) is 5.62. The van der Waals surface area contributed by atoms with Gasteiger partial charge in [-0.2, -0.15) is 5.10 Å². The molecule has 1 aromatic carbocycles. The summed E-state index contributed by atoms with van der Waals surface area (Å²) in [5.41, 5.74) is 4.95. The third kappa shape index (κ3) is 4.15. The van der Waals surface area contributed by atoms with Crippen LogP contribution in [0, 0.1) is 0 Å². The number of allylic oxidation sites excluding steroid dienone is 2. The summed E-state index contributed by atoms with van der Waals surface area (Å²) in [5, 5.41) is 5.78. The molecule has 0 spiro atoms. The first-order valence-electron chi connectivity index (χ1n) is 7.65. The van der Waals surface area contributed by atoms with Gasteiger partial charge in [-0.05, 0) is 49.4 Å². The first-order chi connectivity index (χ1) is 12.0. The van der Waals surface area contributed by atoms with Crippen molar-refractivity contribution in [2.75, 3.05) is 4.72 Å². The minimum Gasteiger partial charge on any atom is -0.278 e. The fourth-order valence-corrected chi connectivity index (χ4v) is 4.48. The molecule has 1 heterocycles. The third-order valence-corrected chi connectivity index (χ3v) is 6.43. The Bertz CT molecular complexity index is 945. The number of rotatable bonds is 5. The quantitative estimate of drug-likeness (QED) is 0.786. The molecule has 0 fully saturated rings. The maximum atomic E-state index is 12.4. The second-order valence-corrected chi connectivity index (χ2v) is 8.47. The number of sulfonamides is 1. The summed E-state index contributed by atoms with van der Waals surface area (Å²) in [4.78, 5) is 12.4. The third-order valence-electron chi connectivity index (χ3n) is 3.67. The van der Waals surface area contributed by atoms with Crippen molar-refractivity contribution in [3.63, 3.8) is 0 Å². The minimum absolute atomic E-state index is 0.189. The number of nitrogens with one attached hydrogen (secondary N) is 2. The summed E-state index contributed by atoms with van der Waals surface area (Å²) in [6.07, 6.45) is 3.66.